The highest BCUT2D eigenvalue weighted by molar-refractivity contribution is 6.16. The summed E-state index contributed by atoms with van der Waals surface area (Å²) in [5.74, 6) is -0.329. The molecule has 1 heterocycles. The van der Waals surface area contributed by atoms with Gasteiger partial charge in [-0.25, -0.2) is 4.79 Å². The fraction of sp³-hybridized carbons (Fsp3) is 0.290. The lowest BCUT2D eigenvalue weighted by Crippen LogP contribution is -2.11. The van der Waals surface area contributed by atoms with Crippen molar-refractivity contribution in [2.75, 3.05) is 6.61 Å². The Morgan fingerprint density at radius 1 is 0.842 bits per heavy atom. The number of nitrogens with zero attached hydrogens (tertiary/aromatic N) is 2. The van der Waals surface area contributed by atoms with Crippen molar-refractivity contribution < 1.29 is 24.0 Å². The Morgan fingerprint density at radius 2 is 1.47 bits per heavy atom. The number of hydrogen-bond donors (Lipinski definition) is 0. The molecule has 3 aromatic carbocycles. The SMILES string of the molecule is CC(=O)O/N=C(/C)c1ccc2c(c1)c1cc(C(=O)c3ccccc3)ccc1n2CCC(=O)OCCC(C)C. The van der Waals surface area contributed by atoms with E-state index in [-0.39, 0.29) is 18.2 Å². The Morgan fingerprint density at radius 3 is 2.11 bits per heavy atom. The summed E-state index contributed by atoms with van der Waals surface area (Å²) in [5.41, 5.74) is 4.35. The van der Waals surface area contributed by atoms with E-state index in [9.17, 15) is 14.4 Å². The van der Waals surface area contributed by atoms with Crippen molar-refractivity contribution in [2.45, 2.75) is 47.1 Å². The second-order valence-corrected chi connectivity index (χ2v) is 9.72. The Hall–Kier alpha value is -4.26. The lowest BCUT2D eigenvalue weighted by Gasteiger charge is -2.10. The molecule has 0 bridgehead atoms. The molecule has 4 aromatic rings. The molecule has 0 spiro atoms. The monoisotopic (exact) mass is 512 g/mol. The molecule has 0 unspecified atom stereocenters. The van der Waals surface area contributed by atoms with Gasteiger partial charge in [0.2, 0.25) is 0 Å². The number of aromatic nitrogens is 1. The molecule has 0 aliphatic heterocycles. The van der Waals surface area contributed by atoms with Gasteiger partial charge >= 0.3 is 11.9 Å². The third-order valence-electron chi connectivity index (χ3n) is 6.39. The van der Waals surface area contributed by atoms with Crippen molar-refractivity contribution in [3.63, 3.8) is 0 Å². The number of aryl methyl sites for hydroxylation is 1. The average molecular weight is 513 g/mol. The third kappa shape index (κ3) is 6.17. The second kappa shape index (κ2) is 11.9. The third-order valence-corrected chi connectivity index (χ3v) is 6.39. The zero-order chi connectivity index (χ0) is 27.2. The summed E-state index contributed by atoms with van der Waals surface area (Å²) in [7, 11) is 0. The lowest BCUT2D eigenvalue weighted by atomic mass is 10.0. The molecule has 7 nitrogen and oxygen atoms in total. The smallest absolute Gasteiger partial charge is 0.331 e. The Balaban J connectivity index is 1.74. The fourth-order valence-electron chi connectivity index (χ4n) is 4.34. The Bertz CT molecular complexity index is 1520. The molecular weight excluding hydrogens is 480 g/mol. The summed E-state index contributed by atoms with van der Waals surface area (Å²) in [4.78, 5) is 41.6. The largest absolute Gasteiger partial charge is 0.466 e. The molecule has 0 N–H and O–H groups in total. The highest BCUT2D eigenvalue weighted by Crippen LogP contribution is 2.32. The topological polar surface area (TPSA) is 87.0 Å². The van der Waals surface area contributed by atoms with Crippen molar-refractivity contribution in [3.8, 4) is 0 Å². The summed E-state index contributed by atoms with van der Waals surface area (Å²) in [5, 5.41) is 5.71. The molecule has 7 heteroatoms. The van der Waals surface area contributed by atoms with Crippen LogP contribution in [0, 0.1) is 5.92 Å². The number of fused-ring (bicyclic) bond motifs is 3. The summed E-state index contributed by atoms with van der Waals surface area (Å²) in [6, 6.07) is 20.6. The Labute approximate surface area is 222 Å². The van der Waals surface area contributed by atoms with E-state index in [1.54, 1.807) is 19.1 Å². The maximum absolute atomic E-state index is 13.2. The fourth-order valence-corrected chi connectivity index (χ4v) is 4.34. The van der Waals surface area contributed by atoms with Gasteiger partial charge in [0.25, 0.3) is 0 Å². The highest BCUT2D eigenvalue weighted by atomic mass is 16.7. The van der Waals surface area contributed by atoms with Crippen LogP contribution in [-0.2, 0) is 25.7 Å². The Kier molecular flexibility index (Phi) is 8.36. The second-order valence-electron chi connectivity index (χ2n) is 9.72. The van der Waals surface area contributed by atoms with Crippen molar-refractivity contribution in [2.24, 2.45) is 11.1 Å². The van der Waals surface area contributed by atoms with Crippen LogP contribution in [0.2, 0.25) is 0 Å². The zero-order valence-corrected chi connectivity index (χ0v) is 22.2. The molecule has 1 aromatic heterocycles. The summed E-state index contributed by atoms with van der Waals surface area (Å²) in [6.45, 7) is 8.10. The van der Waals surface area contributed by atoms with Crippen LogP contribution in [0.15, 0.2) is 71.9 Å². The molecule has 0 saturated heterocycles. The van der Waals surface area contributed by atoms with Crippen LogP contribution in [0.1, 0.15) is 62.0 Å². The molecule has 0 atom stereocenters. The van der Waals surface area contributed by atoms with Crippen molar-refractivity contribution >= 4 is 45.2 Å². The molecule has 0 fully saturated rings. The average Bonchev–Trinajstić information content (AvgIpc) is 3.22. The van der Waals surface area contributed by atoms with Gasteiger partial charge in [-0.3, -0.25) is 9.59 Å². The molecule has 0 aliphatic rings. The van der Waals surface area contributed by atoms with Gasteiger partial charge < -0.3 is 14.1 Å². The number of ether oxygens (including phenoxy) is 1. The standard InChI is InChI=1S/C31H32N2O5/c1-20(2)15-17-37-30(35)14-16-33-28-12-10-24(21(3)32-38-22(4)34)18-26(28)27-19-25(11-13-29(27)33)31(36)23-8-6-5-7-9-23/h5-13,18-20H,14-17H2,1-4H3/b32-21-. The van der Waals surface area contributed by atoms with Gasteiger partial charge in [-0.15, -0.1) is 0 Å². The number of ketones is 1. The number of hydrogen-bond acceptors (Lipinski definition) is 6. The van der Waals surface area contributed by atoms with E-state index >= 15 is 0 Å². The van der Waals surface area contributed by atoms with Crippen LogP contribution in [0.4, 0.5) is 0 Å². The first-order valence-electron chi connectivity index (χ1n) is 12.8. The van der Waals surface area contributed by atoms with E-state index in [0.29, 0.717) is 35.9 Å². The van der Waals surface area contributed by atoms with Crippen LogP contribution in [0.25, 0.3) is 21.8 Å². The minimum Gasteiger partial charge on any atom is -0.466 e. The van der Waals surface area contributed by atoms with E-state index in [4.69, 9.17) is 9.57 Å². The zero-order valence-electron chi connectivity index (χ0n) is 22.2. The quantitative estimate of drug-likeness (QED) is 0.0819. The van der Waals surface area contributed by atoms with Crippen molar-refractivity contribution in [1.82, 2.24) is 4.57 Å². The van der Waals surface area contributed by atoms with Gasteiger partial charge in [0.15, 0.2) is 5.78 Å². The van der Waals surface area contributed by atoms with Crippen molar-refractivity contribution in [3.05, 3.63) is 83.4 Å². The minimum absolute atomic E-state index is 0.0640. The molecule has 38 heavy (non-hydrogen) atoms. The summed E-state index contributed by atoms with van der Waals surface area (Å²) >= 11 is 0. The first-order chi connectivity index (χ1) is 18.2. The number of benzene rings is 3. The predicted molar refractivity (Wildman–Crippen MR) is 148 cm³/mol. The molecule has 4 rings (SSSR count). The molecule has 0 saturated carbocycles. The van der Waals surface area contributed by atoms with Gasteiger partial charge in [0.05, 0.1) is 18.7 Å². The predicted octanol–water partition coefficient (Wildman–Crippen LogP) is 6.29. The van der Waals surface area contributed by atoms with E-state index in [1.165, 1.54) is 6.92 Å². The molecule has 0 amide bonds. The van der Waals surface area contributed by atoms with Crippen molar-refractivity contribution in [1.29, 1.82) is 0 Å². The number of esters is 1. The lowest BCUT2D eigenvalue weighted by molar-refractivity contribution is -0.144. The molecule has 0 radical (unpaired) electrons. The van der Waals surface area contributed by atoms with Gasteiger partial charge in [0.1, 0.15) is 0 Å². The van der Waals surface area contributed by atoms with Crippen LogP contribution >= 0.6 is 0 Å². The van der Waals surface area contributed by atoms with E-state index in [1.807, 2.05) is 54.6 Å². The molecule has 0 aliphatic carbocycles. The number of carbonyl (C=O) groups excluding carboxylic acids is 3. The highest BCUT2D eigenvalue weighted by Gasteiger charge is 2.17. The number of carbonyl (C=O) groups is 3. The van der Waals surface area contributed by atoms with E-state index in [2.05, 4.69) is 23.6 Å². The molecule has 196 valence electrons. The maximum atomic E-state index is 13.2. The van der Waals surface area contributed by atoms with Gasteiger partial charge in [0, 0.05) is 46.4 Å². The molecular formula is C31H32N2O5. The van der Waals surface area contributed by atoms with Crippen LogP contribution < -0.4 is 0 Å². The van der Waals surface area contributed by atoms with Crippen LogP contribution in [0.3, 0.4) is 0 Å². The first-order valence-corrected chi connectivity index (χ1v) is 12.8. The first kappa shape index (κ1) is 26.8. The van der Waals surface area contributed by atoms with E-state index in [0.717, 1.165) is 33.8 Å². The van der Waals surface area contributed by atoms with E-state index < -0.39 is 5.97 Å². The van der Waals surface area contributed by atoms with Gasteiger partial charge in [-0.1, -0.05) is 55.4 Å². The summed E-state index contributed by atoms with van der Waals surface area (Å²) < 4.78 is 7.49. The maximum Gasteiger partial charge on any atom is 0.331 e. The number of rotatable bonds is 10. The van der Waals surface area contributed by atoms with Gasteiger partial charge in [-0.05, 0) is 55.2 Å². The normalized spacial score (nSPS) is 11.8. The minimum atomic E-state index is -0.494. The van der Waals surface area contributed by atoms with Crippen LogP contribution in [0.5, 0.6) is 0 Å². The summed E-state index contributed by atoms with van der Waals surface area (Å²) in [6.07, 6.45) is 1.06. The van der Waals surface area contributed by atoms with Crippen LogP contribution in [-0.4, -0.2) is 34.6 Å². The number of oxime groups is 1. The van der Waals surface area contributed by atoms with Gasteiger partial charge in [-0.2, -0.15) is 0 Å².